The van der Waals surface area contributed by atoms with Crippen LogP contribution in [0.5, 0.6) is 17.2 Å². The summed E-state index contributed by atoms with van der Waals surface area (Å²) in [6.07, 6.45) is 3.45. The van der Waals surface area contributed by atoms with Gasteiger partial charge in [-0.2, -0.15) is 0 Å². The van der Waals surface area contributed by atoms with Crippen molar-refractivity contribution in [2.45, 2.75) is 37.8 Å². The zero-order valence-corrected chi connectivity index (χ0v) is 18.6. The number of amides is 1. The molecule has 2 fully saturated rings. The highest BCUT2D eigenvalue weighted by Gasteiger charge is 2.49. The Bertz CT molecular complexity index is 1110. The lowest BCUT2D eigenvalue weighted by Gasteiger charge is -2.31. The summed E-state index contributed by atoms with van der Waals surface area (Å²) in [5.74, 6) is -1.25. The van der Waals surface area contributed by atoms with Crippen molar-refractivity contribution in [2.24, 2.45) is 0 Å². The van der Waals surface area contributed by atoms with Crippen LogP contribution in [0.15, 0.2) is 42.0 Å². The molecule has 0 aromatic heterocycles. The molecule has 1 saturated heterocycles. The molecule has 1 saturated carbocycles. The van der Waals surface area contributed by atoms with Crippen LogP contribution in [0.2, 0.25) is 5.02 Å². The normalized spacial score (nSPS) is 20.7. The van der Waals surface area contributed by atoms with Gasteiger partial charge < -0.3 is 24.6 Å². The third-order valence-corrected chi connectivity index (χ3v) is 6.48. The predicted octanol–water partition coefficient (Wildman–Crippen LogP) is 4.43. The number of hydrogen-bond acceptors (Lipinski definition) is 6. The molecule has 0 radical (unpaired) electrons. The van der Waals surface area contributed by atoms with Crippen LogP contribution in [-0.4, -0.2) is 47.1 Å². The number of rotatable bonds is 5. The molecule has 32 heavy (non-hydrogen) atoms. The average molecular weight is 458 g/mol. The number of carbonyl (C=O) groups excluding carboxylic acids is 2. The Hall–Kier alpha value is -3.19. The van der Waals surface area contributed by atoms with Crippen molar-refractivity contribution in [1.29, 1.82) is 0 Å². The van der Waals surface area contributed by atoms with Crippen LogP contribution in [0.3, 0.4) is 0 Å². The van der Waals surface area contributed by atoms with Crippen LogP contribution >= 0.6 is 11.6 Å². The minimum Gasteiger partial charge on any atom is -0.507 e. The number of likely N-dealkylation sites (tertiary alicyclic amines) is 1. The van der Waals surface area contributed by atoms with Gasteiger partial charge in [-0.1, -0.05) is 30.5 Å². The van der Waals surface area contributed by atoms with E-state index in [1.807, 2.05) is 0 Å². The van der Waals surface area contributed by atoms with Crippen molar-refractivity contribution in [3.05, 3.63) is 58.1 Å². The smallest absolute Gasteiger partial charge is 0.295 e. The van der Waals surface area contributed by atoms with Gasteiger partial charge in [-0.05, 0) is 48.7 Å². The number of ether oxygens (including phenoxy) is 2. The molecule has 8 heteroatoms. The molecule has 2 aromatic rings. The summed E-state index contributed by atoms with van der Waals surface area (Å²) in [6.45, 7) is 0. The topological polar surface area (TPSA) is 96.3 Å². The van der Waals surface area contributed by atoms with Gasteiger partial charge in [0.25, 0.3) is 11.7 Å². The van der Waals surface area contributed by atoms with Crippen LogP contribution in [0.4, 0.5) is 0 Å². The quantitative estimate of drug-likeness (QED) is 0.392. The fraction of sp³-hybridized carbons (Fsp3) is 0.333. The Kier molecular flexibility index (Phi) is 6.02. The molecule has 2 aromatic carbocycles. The summed E-state index contributed by atoms with van der Waals surface area (Å²) in [4.78, 5) is 27.8. The molecule has 7 nitrogen and oxygen atoms in total. The summed E-state index contributed by atoms with van der Waals surface area (Å²) in [5.41, 5.74) is 0.620. The minimum absolute atomic E-state index is 0.0679. The molecule has 1 aliphatic carbocycles. The number of benzene rings is 2. The van der Waals surface area contributed by atoms with Crippen molar-refractivity contribution in [3.63, 3.8) is 0 Å². The molecule has 1 unspecified atom stereocenters. The maximum Gasteiger partial charge on any atom is 0.295 e. The highest BCUT2D eigenvalue weighted by molar-refractivity contribution is 6.47. The lowest BCUT2D eigenvalue weighted by atomic mass is 9.94. The molecule has 1 atom stereocenters. The SMILES string of the molecule is COc1ccc(Cl)c(/C(O)=C2\C(=O)C(=O)N(C3CCCC3)C2c2ccc(OC)c(O)c2)c1. The fourth-order valence-electron chi connectivity index (χ4n) is 4.57. The maximum atomic E-state index is 13.2. The number of nitrogens with zero attached hydrogens (tertiary/aromatic N) is 1. The first-order valence-electron chi connectivity index (χ1n) is 10.4. The van der Waals surface area contributed by atoms with Crippen LogP contribution in [0, 0.1) is 0 Å². The van der Waals surface area contributed by atoms with Crippen molar-refractivity contribution in [1.82, 2.24) is 4.90 Å². The van der Waals surface area contributed by atoms with E-state index in [0.717, 1.165) is 25.7 Å². The number of phenols is 1. The lowest BCUT2D eigenvalue weighted by Crippen LogP contribution is -2.37. The number of aliphatic hydroxyl groups is 1. The van der Waals surface area contributed by atoms with E-state index in [0.29, 0.717) is 11.3 Å². The highest BCUT2D eigenvalue weighted by atomic mass is 35.5. The van der Waals surface area contributed by atoms with Crippen LogP contribution < -0.4 is 9.47 Å². The van der Waals surface area contributed by atoms with E-state index in [4.69, 9.17) is 21.1 Å². The van der Waals surface area contributed by atoms with Crippen LogP contribution in [-0.2, 0) is 9.59 Å². The third-order valence-electron chi connectivity index (χ3n) is 6.15. The molecule has 0 spiro atoms. The van der Waals surface area contributed by atoms with E-state index < -0.39 is 17.7 Å². The second kappa shape index (κ2) is 8.74. The van der Waals surface area contributed by atoms with Crippen molar-refractivity contribution in [2.75, 3.05) is 14.2 Å². The number of Topliss-reactive ketones (excluding diaryl/α,β-unsaturated/α-hetero) is 1. The van der Waals surface area contributed by atoms with Gasteiger partial charge in [-0.25, -0.2) is 0 Å². The number of aromatic hydroxyl groups is 1. The number of halogens is 1. The monoisotopic (exact) mass is 457 g/mol. The molecule has 2 N–H and O–H groups in total. The lowest BCUT2D eigenvalue weighted by molar-refractivity contribution is -0.141. The van der Waals surface area contributed by atoms with Gasteiger partial charge in [-0.15, -0.1) is 0 Å². The summed E-state index contributed by atoms with van der Waals surface area (Å²) >= 11 is 6.32. The number of aliphatic hydroxyl groups excluding tert-OH is 1. The molecule has 168 valence electrons. The van der Waals surface area contributed by atoms with Gasteiger partial charge >= 0.3 is 0 Å². The molecular weight excluding hydrogens is 434 g/mol. The molecule has 1 amide bonds. The van der Waals surface area contributed by atoms with Gasteiger partial charge in [0, 0.05) is 11.6 Å². The molecule has 2 aliphatic rings. The number of ketones is 1. The molecule has 1 aliphatic heterocycles. The summed E-state index contributed by atoms with van der Waals surface area (Å²) in [7, 11) is 2.91. The minimum atomic E-state index is -0.864. The zero-order valence-electron chi connectivity index (χ0n) is 17.8. The summed E-state index contributed by atoms with van der Waals surface area (Å²) in [5, 5.41) is 21.8. The van der Waals surface area contributed by atoms with Crippen LogP contribution in [0.1, 0.15) is 42.9 Å². The third kappa shape index (κ3) is 3.66. The highest BCUT2D eigenvalue weighted by Crippen LogP contribution is 2.45. The van der Waals surface area contributed by atoms with E-state index >= 15 is 0 Å². The van der Waals surface area contributed by atoms with Gasteiger partial charge in [-0.3, -0.25) is 9.59 Å². The van der Waals surface area contributed by atoms with E-state index in [2.05, 4.69) is 0 Å². The van der Waals surface area contributed by atoms with E-state index in [1.165, 1.54) is 31.3 Å². The van der Waals surface area contributed by atoms with E-state index in [9.17, 15) is 19.8 Å². The Morgan fingerprint density at radius 3 is 2.41 bits per heavy atom. The van der Waals surface area contributed by atoms with Gasteiger partial charge in [0.2, 0.25) is 0 Å². The van der Waals surface area contributed by atoms with Crippen molar-refractivity contribution < 1.29 is 29.3 Å². The number of methoxy groups -OCH3 is 2. The van der Waals surface area contributed by atoms with E-state index in [-0.39, 0.29) is 39.5 Å². The molecule has 4 rings (SSSR count). The van der Waals surface area contributed by atoms with Crippen molar-refractivity contribution in [3.8, 4) is 17.2 Å². The summed E-state index contributed by atoms with van der Waals surface area (Å²) < 4.78 is 10.4. The van der Waals surface area contributed by atoms with E-state index in [1.54, 1.807) is 24.3 Å². The van der Waals surface area contributed by atoms with Gasteiger partial charge in [0.1, 0.15) is 11.5 Å². The number of phenolic OH excluding ortho intramolecular Hbond substituents is 1. The second-order valence-corrected chi connectivity index (χ2v) is 8.33. The molecule has 1 heterocycles. The zero-order chi connectivity index (χ0) is 23.0. The van der Waals surface area contributed by atoms with Gasteiger partial charge in [0.15, 0.2) is 11.5 Å². The standard InChI is InChI=1S/C24H24ClNO6/c1-31-15-8-9-17(25)16(12-15)22(28)20-21(13-7-10-19(32-2)18(27)11-13)26(24(30)23(20)29)14-5-3-4-6-14/h7-12,14,21,27-28H,3-6H2,1-2H3/b22-20+. The van der Waals surface area contributed by atoms with Crippen molar-refractivity contribution >= 4 is 29.1 Å². The fourth-order valence-corrected chi connectivity index (χ4v) is 4.78. The number of hydrogen-bond donors (Lipinski definition) is 2. The largest absolute Gasteiger partial charge is 0.507 e. The first kappa shape index (κ1) is 22.0. The number of carbonyl (C=O) groups is 2. The first-order chi connectivity index (χ1) is 15.4. The average Bonchev–Trinajstić information content (AvgIpc) is 3.40. The predicted molar refractivity (Wildman–Crippen MR) is 119 cm³/mol. The Balaban J connectivity index is 1.93. The summed E-state index contributed by atoms with van der Waals surface area (Å²) in [6, 6.07) is 8.41. The molecular formula is C24H24ClNO6. The maximum absolute atomic E-state index is 13.2. The Morgan fingerprint density at radius 1 is 1.06 bits per heavy atom. The Morgan fingerprint density at radius 2 is 1.78 bits per heavy atom. The Labute approximate surface area is 190 Å². The first-order valence-corrected chi connectivity index (χ1v) is 10.8. The molecule has 0 bridgehead atoms. The second-order valence-electron chi connectivity index (χ2n) is 7.92. The van der Waals surface area contributed by atoms with Crippen LogP contribution in [0.25, 0.3) is 5.76 Å². The van der Waals surface area contributed by atoms with Gasteiger partial charge in [0.05, 0.1) is 30.9 Å².